The van der Waals surface area contributed by atoms with Crippen LogP contribution in [0, 0.1) is 6.92 Å². The Morgan fingerprint density at radius 2 is 2.08 bits per heavy atom. The molecule has 2 heterocycles. The van der Waals surface area contributed by atoms with Crippen LogP contribution >= 0.6 is 11.6 Å². The van der Waals surface area contributed by atoms with Crippen LogP contribution in [0.1, 0.15) is 37.8 Å². The van der Waals surface area contributed by atoms with Crippen molar-refractivity contribution in [3.8, 4) is 0 Å². The molecule has 1 amide bonds. The third-order valence-corrected chi connectivity index (χ3v) is 7.20. The molecule has 2 unspecified atom stereocenters. The predicted octanol–water partition coefficient (Wildman–Crippen LogP) is 4.11. The van der Waals surface area contributed by atoms with Gasteiger partial charge in [-0.05, 0) is 39.2 Å². The second kappa shape index (κ2) is 8.11. The minimum Gasteiger partial charge on any atom is -0.444 e. The van der Waals surface area contributed by atoms with Gasteiger partial charge in [-0.2, -0.15) is 0 Å². The largest absolute Gasteiger partial charge is 0.444 e. The molecule has 0 aromatic heterocycles. The summed E-state index contributed by atoms with van der Waals surface area (Å²) in [5, 5.41) is -0.259. The van der Waals surface area contributed by atoms with Gasteiger partial charge < -0.3 is 4.74 Å². The third kappa shape index (κ3) is 3.68. The Morgan fingerprint density at radius 1 is 1.38 bits per heavy atom. The Kier molecular flexibility index (Phi) is 6.05. The number of hydrogen-bond acceptors (Lipinski definition) is 3. The Morgan fingerprint density at radius 3 is 2.69 bits per heavy atom. The first-order chi connectivity index (χ1) is 12.4. The molecule has 2 aliphatic rings. The van der Waals surface area contributed by atoms with Crippen molar-refractivity contribution in [3.05, 3.63) is 40.3 Å². The van der Waals surface area contributed by atoms with E-state index in [9.17, 15) is 9.00 Å². The molecule has 0 bridgehead atoms. The Bertz CT molecular complexity index is 742. The number of aryl methyl sites for hydroxylation is 1. The number of alkyl halides is 1. The number of amides is 1. The van der Waals surface area contributed by atoms with Gasteiger partial charge in [0.15, 0.2) is 0 Å². The normalized spacial score (nSPS) is 21.9. The van der Waals surface area contributed by atoms with Gasteiger partial charge in [0.25, 0.3) is 0 Å². The van der Waals surface area contributed by atoms with E-state index in [1.165, 1.54) is 0 Å². The standard InChI is InChI=1S/C19H25ClN2O3S/c1-4-17(14(3)20)26(24)21-10-8-16(9-11-21)22-18-13(2)6-5-7-15(18)12-25-19(22)23/h4-7,14,16H,8-12H2,1-3H3/b17-4+. The summed E-state index contributed by atoms with van der Waals surface area (Å²) in [4.78, 5) is 15.0. The maximum Gasteiger partial charge on any atom is 0.414 e. The fourth-order valence-corrected chi connectivity index (χ4v) is 5.37. The fraction of sp³-hybridized carbons (Fsp3) is 0.526. The maximum atomic E-state index is 12.7. The number of para-hydroxylation sites is 1. The van der Waals surface area contributed by atoms with Crippen molar-refractivity contribution in [2.75, 3.05) is 18.0 Å². The summed E-state index contributed by atoms with van der Waals surface area (Å²) >= 11 is 6.14. The van der Waals surface area contributed by atoms with Gasteiger partial charge in [-0.15, -0.1) is 11.6 Å². The smallest absolute Gasteiger partial charge is 0.414 e. The molecular weight excluding hydrogens is 372 g/mol. The van der Waals surface area contributed by atoms with Gasteiger partial charge in [-0.25, -0.2) is 13.3 Å². The maximum absolute atomic E-state index is 12.7. The van der Waals surface area contributed by atoms with Crippen LogP contribution in [-0.4, -0.2) is 39.1 Å². The van der Waals surface area contributed by atoms with E-state index in [-0.39, 0.29) is 17.5 Å². The number of fused-ring (bicyclic) bond motifs is 1. The summed E-state index contributed by atoms with van der Waals surface area (Å²) in [6, 6.07) is 6.07. The van der Waals surface area contributed by atoms with E-state index >= 15 is 0 Å². The van der Waals surface area contributed by atoms with Gasteiger partial charge in [-0.1, -0.05) is 24.3 Å². The van der Waals surface area contributed by atoms with Crippen molar-refractivity contribution in [3.63, 3.8) is 0 Å². The first-order valence-corrected chi connectivity index (χ1v) is 10.5. The van der Waals surface area contributed by atoms with E-state index in [0.717, 1.165) is 34.6 Å². The zero-order valence-electron chi connectivity index (χ0n) is 15.4. The van der Waals surface area contributed by atoms with Crippen LogP contribution < -0.4 is 4.90 Å². The zero-order chi connectivity index (χ0) is 18.8. The molecule has 0 spiro atoms. The molecule has 1 aromatic carbocycles. The van der Waals surface area contributed by atoms with E-state index < -0.39 is 11.0 Å². The van der Waals surface area contributed by atoms with Gasteiger partial charge in [0.2, 0.25) is 0 Å². The predicted molar refractivity (Wildman–Crippen MR) is 106 cm³/mol. The number of benzene rings is 1. The van der Waals surface area contributed by atoms with Crippen LogP contribution in [0.15, 0.2) is 29.2 Å². The second-order valence-electron chi connectivity index (χ2n) is 6.72. The highest BCUT2D eigenvalue weighted by Crippen LogP contribution is 2.35. The van der Waals surface area contributed by atoms with Crippen LogP contribution in [0.4, 0.5) is 10.5 Å². The summed E-state index contributed by atoms with van der Waals surface area (Å²) in [7, 11) is -1.22. The highest BCUT2D eigenvalue weighted by Gasteiger charge is 2.36. The first kappa shape index (κ1) is 19.4. The lowest BCUT2D eigenvalue weighted by atomic mass is 10.00. The average molecular weight is 397 g/mol. The highest BCUT2D eigenvalue weighted by molar-refractivity contribution is 7.86. The van der Waals surface area contributed by atoms with Crippen LogP contribution in [0.25, 0.3) is 0 Å². The molecule has 0 radical (unpaired) electrons. The summed E-state index contributed by atoms with van der Waals surface area (Å²) in [6.45, 7) is 7.36. The molecule has 142 valence electrons. The number of carbonyl (C=O) groups is 1. The second-order valence-corrected chi connectivity index (χ2v) is 8.86. The number of ether oxygens (including phenoxy) is 1. The topological polar surface area (TPSA) is 49.9 Å². The number of nitrogens with zero attached hydrogens (tertiary/aromatic N) is 2. The van der Waals surface area contributed by atoms with Gasteiger partial charge in [0.1, 0.15) is 17.6 Å². The molecule has 2 atom stereocenters. The van der Waals surface area contributed by atoms with Crippen LogP contribution in [0.2, 0.25) is 0 Å². The quantitative estimate of drug-likeness (QED) is 0.719. The fourth-order valence-electron chi connectivity index (χ4n) is 3.70. The number of anilines is 1. The van der Waals surface area contributed by atoms with Crippen LogP contribution in [-0.2, 0) is 22.3 Å². The molecule has 26 heavy (non-hydrogen) atoms. The monoisotopic (exact) mass is 396 g/mol. The number of halogens is 1. The number of rotatable bonds is 4. The lowest BCUT2D eigenvalue weighted by Crippen LogP contribution is -2.50. The summed E-state index contributed by atoms with van der Waals surface area (Å²) in [5.74, 6) is 0. The van der Waals surface area contributed by atoms with E-state index in [4.69, 9.17) is 16.3 Å². The SMILES string of the molecule is C/C=C(\C(C)Cl)S(=O)N1CCC(N2C(=O)OCc3cccc(C)c32)CC1. The van der Waals surface area contributed by atoms with Gasteiger partial charge >= 0.3 is 6.09 Å². The lowest BCUT2D eigenvalue weighted by Gasteiger charge is -2.40. The zero-order valence-corrected chi connectivity index (χ0v) is 17.0. The molecule has 7 heteroatoms. The summed E-state index contributed by atoms with van der Waals surface area (Å²) < 4.78 is 20.1. The van der Waals surface area contributed by atoms with Gasteiger partial charge in [0, 0.05) is 29.6 Å². The molecular formula is C19H25ClN2O3S. The third-order valence-electron chi connectivity index (χ3n) is 5.01. The molecule has 1 fully saturated rings. The Balaban J connectivity index is 1.75. The van der Waals surface area contributed by atoms with E-state index in [2.05, 4.69) is 0 Å². The molecule has 0 N–H and O–H groups in total. The minimum absolute atomic E-state index is 0.0541. The van der Waals surface area contributed by atoms with E-state index in [1.807, 2.05) is 49.4 Å². The van der Waals surface area contributed by atoms with Crippen LogP contribution in [0.5, 0.6) is 0 Å². The van der Waals surface area contributed by atoms with Crippen LogP contribution in [0.3, 0.4) is 0 Å². The van der Waals surface area contributed by atoms with Crippen molar-refractivity contribution in [2.45, 2.75) is 51.6 Å². The highest BCUT2D eigenvalue weighted by atomic mass is 35.5. The van der Waals surface area contributed by atoms with Gasteiger partial charge in [-0.3, -0.25) is 4.90 Å². The number of piperidine rings is 1. The van der Waals surface area contributed by atoms with E-state index in [0.29, 0.717) is 19.7 Å². The number of cyclic esters (lactones) is 1. The first-order valence-electron chi connectivity index (χ1n) is 8.95. The van der Waals surface area contributed by atoms with Crippen molar-refractivity contribution in [1.82, 2.24) is 4.31 Å². The summed E-state index contributed by atoms with van der Waals surface area (Å²) in [5.41, 5.74) is 3.10. The summed E-state index contributed by atoms with van der Waals surface area (Å²) in [6.07, 6.45) is 3.06. The lowest BCUT2D eigenvalue weighted by molar-refractivity contribution is 0.136. The number of hydrogen-bond donors (Lipinski definition) is 0. The molecule has 0 saturated carbocycles. The Hall–Kier alpha value is -1.37. The molecule has 0 aliphatic carbocycles. The number of carbonyl (C=O) groups excluding carboxylic acids is 1. The molecule has 1 aromatic rings. The van der Waals surface area contributed by atoms with Crippen molar-refractivity contribution < 1.29 is 13.7 Å². The van der Waals surface area contributed by atoms with Crippen molar-refractivity contribution in [2.24, 2.45) is 0 Å². The van der Waals surface area contributed by atoms with Crippen molar-refractivity contribution in [1.29, 1.82) is 0 Å². The molecule has 5 nitrogen and oxygen atoms in total. The van der Waals surface area contributed by atoms with Crippen molar-refractivity contribution >= 4 is 34.4 Å². The Labute approximate surface area is 162 Å². The number of allylic oxidation sites excluding steroid dienone is 2. The van der Waals surface area contributed by atoms with Gasteiger partial charge in [0.05, 0.1) is 11.1 Å². The van der Waals surface area contributed by atoms with E-state index in [1.54, 1.807) is 4.90 Å². The molecule has 2 aliphatic heterocycles. The molecule has 3 rings (SSSR count). The average Bonchev–Trinajstić information content (AvgIpc) is 2.62. The minimum atomic E-state index is -1.22. The molecule has 1 saturated heterocycles.